The SMILES string of the molecule is COc1cc(-c2nc3ccc(Br)cn3c2N=Cc2ccc(Cl)cc2)ccc1O. The minimum atomic E-state index is 0.0731. The normalized spacial score (nSPS) is 11.4. The summed E-state index contributed by atoms with van der Waals surface area (Å²) >= 11 is 9.46. The van der Waals surface area contributed by atoms with Crippen molar-refractivity contribution in [3.05, 3.63) is 75.9 Å². The Morgan fingerprint density at radius 1 is 1.14 bits per heavy atom. The molecule has 1 N–H and O–H groups in total. The highest BCUT2D eigenvalue weighted by molar-refractivity contribution is 9.10. The van der Waals surface area contributed by atoms with Crippen LogP contribution >= 0.6 is 27.5 Å². The van der Waals surface area contributed by atoms with Crippen molar-refractivity contribution in [2.24, 2.45) is 4.99 Å². The highest BCUT2D eigenvalue weighted by Gasteiger charge is 2.15. The molecule has 4 rings (SSSR count). The number of aromatic nitrogens is 2. The predicted molar refractivity (Wildman–Crippen MR) is 115 cm³/mol. The number of pyridine rings is 1. The van der Waals surface area contributed by atoms with E-state index in [0.29, 0.717) is 22.3 Å². The van der Waals surface area contributed by atoms with Crippen LogP contribution in [0.15, 0.2) is 70.3 Å². The molecule has 0 amide bonds. The van der Waals surface area contributed by atoms with E-state index in [4.69, 9.17) is 26.3 Å². The molecule has 2 heterocycles. The zero-order valence-electron chi connectivity index (χ0n) is 14.8. The molecule has 0 unspecified atom stereocenters. The van der Waals surface area contributed by atoms with Gasteiger partial charge in [0.25, 0.3) is 0 Å². The van der Waals surface area contributed by atoms with Crippen LogP contribution in [0.5, 0.6) is 11.5 Å². The van der Waals surface area contributed by atoms with Gasteiger partial charge in [0.05, 0.1) is 7.11 Å². The van der Waals surface area contributed by atoms with Gasteiger partial charge in [0.2, 0.25) is 0 Å². The number of phenols is 1. The Morgan fingerprint density at radius 2 is 1.93 bits per heavy atom. The Kier molecular flexibility index (Phi) is 5.07. The lowest BCUT2D eigenvalue weighted by Crippen LogP contribution is -1.87. The van der Waals surface area contributed by atoms with Crippen LogP contribution in [-0.4, -0.2) is 27.8 Å². The van der Waals surface area contributed by atoms with Gasteiger partial charge in [-0.2, -0.15) is 0 Å². The van der Waals surface area contributed by atoms with Crippen LogP contribution in [0.4, 0.5) is 5.82 Å². The minimum absolute atomic E-state index is 0.0731. The number of hydrogen-bond acceptors (Lipinski definition) is 4. The number of phenolic OH excluding ortho intramolecular Hbond substituents is 1. The van der Waals surface area contributed by atoms with E-state index < -0.39 is 0 Å². The van der Waals surface area contributed by atoms with E-state index in [1.807, 2.05) is 47.0 Å². The monoisotopic (exact) mass is 455 g/mol. The largest absolute Gasteiger partial charge is 0.504 e. The number of methoxy groups -OCH3 is 1. The van der Waals surface area contributed by atoms with Gasteiger partial charge in [-0.15, -0.1) is 0 Å². The highest BCUT2D eigenvalue weighted by Crippen LogP contribution is 2.36. The third-order valence-corrected chi connectivity index (χ3v) is 4.94. The number of hydrogen-bond donors (Lipinski definition) is 1. The zero-order chi connectivity index (χ0) is 19.7. The molecule has 0 aliphatic carbocycles. The maximum atomic E-state index is 9.90. The summed E-state index contributed by atoms with van der Waals surface area (Å²) in [6, 6.07) is 16.4. The third-order valence-electron chi connectivity index (χ3n) is 4.22. The van der Waals surface area contributed by atoms with E-state index in [1.54, 1.807) is 24.4 Å². The van der Waals surface area contributed by atoms with Crippen molar-refractivity contribution in [2.75, 3.05) is 7.11 Å². The molecule has 0 aliphatic heterocycles. The maximum absolute atomic E-state index is 9.90. The van der Waals surface area contributed by atoms with Crippen LogP contribution in [0.1, 0.15) is 5.56 Å². The summed E-state index contributed by atoms with van der Waals surface area (Å²) in [4.78, 5) is 9.42. The number of fused-ring (bicyclic) bond motifs is 1. The molecule has 28 heavy (non-hydrogen) atoms. The molecule has 0 aliphatic rings. The first-order valence-corrected chi connectivity index (χ1v) is 9.57. The average Bonchev–Trinajstić information content (AvgIpc) is 3.05. The Morgan fingerprint density at radius 3 is 2.68 bits per heavy atom. The first-order valence-electron chi connectivity index (χ1n) is 8.40. The van der Waals surface area contributed by atoms with Gasteiger partial charge < -0.3 is 9.84 Å². The first-order chi connectivity index (χ1) is 13.5. The molecule has 0 atom stereocenters. The van der Waals surface area contributed by atoms with Crippen molar-refractivity contribution in [1.29, 1.82) is 0 Å². The molecule has 140 valence electrons. The summed E-state index contributed by atoms with van der Waals surface area (Å²) in [5, 5.41) is 10.6. The van der Waals surface area contributed by atoms with Gasteiger partial charge >= 0.3 is 0 Å². The molecule has 0 saturated heterocycles. The topological polar surface area (TPSA) is 59.1 Å². The Hall–Kier alpha value is -2.83. The summed E-state index contributed by atoms with van der Waals surface area (Å²) in [7, 11) is 1.51. The maximum Gasteiger partial charge on any atom is 0.165 e. The molecule has 5 nitrogen and oxygen atoms in total. The fourth-order valence-corrected chi connectivity index (χ4v) is 3.30. The van der Waals surface area contributed by atoms with Gasteiger partial charge in [0.1, 0.15) is 11.3 Å². The second kappa shape index (κ2) is 7.66. The zero-order valence-corrected chi connectivity index (χ0v) is 17.1. The van der Waals surface area contributed by atoms with Crippen molar-refractivity contribution < 1.29 is 9.84 Å². The number of rotatable bonds is 4. The van der Waals surface area contributed by atoms with Gasteiger partial charge in [0, 0.05) is 27.5 Å². The number of aromatic hydroxyl groups is 1. The summed E-state index contributed by atoms with van der Waals surface area (Å²) < 4.78 is 8.06. The smallest absolute Gasteiger partial charge is 0.165 e. The second-order valence-corrected chi connectivity index (χ2v) is 7.41. The Balaban J connectivity index is 1.88. The van der Waals surface area contributed by atoms with Crippen LogP contribution in [0.25, 0.3) is 16.9 Å². The Bertz CT molecular complexity index is 1190. The molecule has 0 saturated carbocycles. The van der Waals surface area contributed by atoms with E-state index in [0.717, 1.165) is 21.2 Å². The number of aliphatic imine (C=N–C) groups is 1. The van der Waals surface area contributed by atoms with Crippen molar-refractivity contribution in [1.82, 2.24) is 9.38 Å². The molecule has 2 aromatic heterocycles. The van der Waals surface area contributed by atoms with E-state index in [9.17, 15) is 5.11 Å². The van der Waals surface area contributed by atoms with E-state index in [-0.39, 0.29) is 5.75 Å². The lowest BCUT2D eigenvalue weighted by Gasteiger charge is -2.06. The van der Waals surface area contributed by atoms with Crippen molar-refractivity contribution in [3.8, 4) is 22.8 Å². The number of halogens is 2. The summed E-state index contributed by atoms with van der Waals surface area (Å²) in [6.07, 6.45) is 3.68. The third kappa shape index (κ3) is 3.61. The molecular weight excluding hydrogens is 442 g/mol. The second-order valence-electron chi connectivity index (χ2n) is 6.06. The molecule has 0 fully saturated rings. The van der Waals surface area contributed by atoms with Crippen molar-refractivity contribution in [2.45, 2.75) is 0 Å². The number of nitrogens with zero attached hydrogens (tertiary/aromatic N) is 3. The van der Waals surface area contributed by atoms with Crippen LogP contribution in [-0.2, 0) is 0 Å². The molecule has 4 aromatic rings. The van der Waals surface area contributed by atoms with Gasteiger partial charge in [0.15, 0.2) is 17.3 Å². The first kappa shape index (κ1) is 18.5. The molecule has 7 heteroatoms. The molecule has 0 bridgehead atoms. The van der Waals surface area contributed by atoms with Crippen LogP contribution in [0.2, 0.25) is 5.02 Å². The van der Waals surface area contributed by atoms with Crippen LogP contribution < -0.4 is 4.74 Å². The van der Waals surface area contributed by atoms with E-state index in [2.05, 4.69) is 15.9 Å². The predicted octanol–water partition coefficient (Wildman–Crippen LogP) is 5.88. The molecule has 0 radical (unpaired) electrons. The van der Waals surface area contributed by atoms with Gasteiger partial charge in [-0.1, -0.05) is 23.7 Å². The lowest BCUT2D eigenvalue weighted by atomic mass is 10.1. The highest BCUT2D eigenvalue weighted by atomic mass is 79.9. The number of benzene rings is 2. The number of ether oxygens (including phenoxy) is 1. The van der Waals surface area contributed by atoms with Crippen molar-refractivity contribution >= 4 is 45.2 Å². The molecule has 2 aromatic carbocycles. The summed E-state index contributed by atoms with van der Waals surface area (Å²) in [5.41, 5.74) is 3.15. The fraction of sp³-hybridized carbons (Fsp3) is 0.0476. The molecular formula is C21H15BrClN3O2. The standard InChI is InChI=1S/C21H15BrClN3O2/c1-28-18-10-14(4-8-17(18)27)20-21(24-11-13-2-6-16(23)7-3-13)26-12-15(22)5-9-19(26)25-20/h2-12,27H,1H3. The fourth-order valence-electron chi connectivity index (χ4n) is 2.83. The van der Waals surface area contributed by atoms with Crippen LogP contribution in [0, 0.1) is 0 Å². The van der Waals surface area contributed by atoms with Gasteiger partial charge in [-0.3, -0.25) is 4.40 Å². The minimum Gasteiger partial charge on any atom is -0.504 e. The van der Waals surface area contributed by atoms with Gasteiger partial charge in [-0.05, 0) is 64.0 Å². The van der Waals surface area contributed by atoms with Gasteiger partial charge in [-0.25, -0.2) is 9.98 Å². The Labute approximate surface area is 175 Å². The van der Waals surface area contributed by atoms with E-state index >= 15 is 0 Å². The average molecular weight is 457 g/mol. The number of imidazole rings is 1. The molecule has 0 spiro atoms. The lowest BCUT2D eigenvalue weighted by molar-refractivity contribution is 0.373. The van der Waals surface area contributed by atoms with E-state index in [1.165, 1.54) is 7.11 Å². The van der Waals surface area contributed by atoms with Crippen molar-refractivity contribution in [3.63, 3.8) is 0 Å². The summed E-state index contributed by atoms with van der Waals surface area (Å²) in [5.74, 6) is 1.12. The summed E-state index contributed by atoms with van der Waals surface area (Å²) in [6.45, 7) is 0. The van der Waals surface area contributed by atoms with Crippen LogP contribution in [0.3, 0.4) is 0 Å². The quantitative estimate of drug-likeness (QED) is 0.390.